The van der Waals surface area contributed by atoms with Crippen molar-refractivity contribution in [2.45, 2.75) is 0 Å². The first-order valence-corrected chi connectivity index (χ1v) is 10.5. The molecule has 4 rings (SSSR count). The summed E-state index contributed by atoms with van der Waals surface area (Å²) in [5, 5.41) is 10.0. The molecule has 0 unspecified atom stereocenters. The number of hydrazone groups is 1. The fraction of sp³-hybridized carbons (Fsp3) is 0. The number of para-hydroxylation sites is 3. The zero-order chi connectivity index (χ0) is 23.9. The second-order valence-corrected chi connectivity index (χ2v) is 7.44. The molecule has 1 aromatic heterocycles. The summed E-state index contributed by atoms with van der Waals surface area (Å²) < 4.78 is 0. The van der Waals surface area contributed by atoms with Gasteiger partial charge < -0.3 is 10.6 Å². The largest absolute Gasteiger partial charge is 0.329 e. The number of anilines is 2. The van der Waals surface area contributed by atoms with Crippen molar-refractivity contribution in [1.82, 2.24) is 10.4 Å². The highest BCUT2D eigenvalue weighted by Gasteiger charge is 2.18. The number of nitrogens with one attached hydrogen (secondary N) is 3. The molecule has 0 aliphatic heterocycles. The molecule has 3 amide bonds. The molecule has 8 nitrogen and oxygen atoms in total. The molecule has 0 aliphatic carbocycles. The van der Waals surface area contributed by atoms with Crippen molar-refractivity contribution in [2.75, 3.05) is 10.6 Å². The predicted octanol–water partition coefficient (Wildman–Crippen LogP) is 4.23. The van der Waals surface area contributed by atoms with E-state index in [9.17, 15) is 14.4 Å². The van der Waals surface area contributed by atoms with Gasteiger partial charge in [0.05, 0.1) is 23.0 Å². The van der Waals surface area contributed by atoms with E-state index in [1.54, 1.807) is 48.5 Å². The van der Waals surface area contributed by atoms with E-state index in [2.05, 4.69) is 26.1 Å². The molecule has 3 N–H and O–H groups in total. The summed E-state index contributed by atoms with van der Waals surface area (Å²) in [5.74, 6) is -2.43. The molecule has 0 bridgehead atoms. The molecule has 168 valence electrons. The minimum absolute atomic E-state index is 0.182. The number of pyridine rings is 1. The highest BCUT2D eigenvalue weighted by molar-refractivity contribution is 6.40. The highest BCUT2D eigenvalue weighted by Crippen LogP contribution is 2.19. The first kappa shape index (κ1) is 22.6. The van der Waals surface area contributed by atoms with Crippen molar-refractivity contribution in [2.24, 2.45) is 5.10 Å². The third-order valence-electron chi connectivity index (χ3n) is 4.73. The number of aromatic nitrogens is 1. The van der Waals surface area contributed by atoms with Crippen molar-refractivity contribution in [3.05, 3.63) is 101 Å². The van der Waals surface area contributed by atoms with Crippen LogP contribution < -0.4 is 16.1 Å². The SMILES string of the molecule is O=C(N/N=C\c1cc2ccccc2nc1Cl)C(=O)Nc1ccccc1C(=O)Nc1ccccc1. The second kappa shape index (κ2) is 10.4. The van der Waals surface area contributed by atoms with Crippen LogP contribution in [0.1, 0.15) is 15.9 Å². The number of halogens is 1. The number of hydrogen-bond donors (Lipinski definition) is 3. The third kappa shape index (κ3) is 5.43. The first-order valence-electron chi connectivity index (χ1n) is 10.2. The lowest BCUT2D eigenvalue weighted by Crippen LogP contribution is -2.33. The van der Waals surface area contributed by atoms with E-state index >= 15 is 0 Å². The normalized spacial score (nSPS) is 10.7. The van der Waals surface area contributed by atoms with Crippen molar-refractivity contribution in [3.8, 4) is 0 Å². The number of fused-ring (bicyclic) bond motifs is 1. The maximum Gasteiger partial charge on any atom is 0.329 e. The summed E-state index contributed by atoms with van der Waals surface area (Å²) in [6.45, 7) is 0. The molecule has 0 spiro atoms. The zero-order valence-electron chi connectivity index (χ0n) is 17.7. The highest BCUT2D eigenvalue weighted by atomic mass is 35.5. The van der Waals surface area contributed by atoms with Gasteiger partial charge in [-0.2, -0.15) is 5.10 Å². The number of benzene rings is 3. The fourth-order valence-corrected chi connectivity index (χ4v) is 3.29. The molecule has 3 aromatic carbocycles. The van der Waals surface area contributed by atoms with Gasteiger partial charge in [-0.15, -0.1) is 0 Å². The number of nitrogens with zero attached hydrogens (tertiary/aromatic N) is 2. The topological polar surface area (TPSA) is 113 Å². The van der Waals surface area contributed by atoms with Gasteiger partial charge in [0.2, 0.25) is 0 Å². The van der Waals surface area contributed by atoms with Gasteiger partial charge in [0.1, 0.15) is 5.15 Å². The first-order chi connectivity index (χ1) is 16.5. The Balaban J connectivity index is 1.41. The van der Waals surface area contributed by atoms with Gasteiger partial charge in [0.25, 0.3) is 5.91 Å². The van der Waals surface area contributed by atoms with Crippen LogP contribution in [0.4, 0.5) is 11.4 Å². The Kier molecular flexibility index (Phi) is 6.90. The number of rotatable bonds is 5. The summed E-state index contributed by atoms with van der Waals surface area (Å²) in [6, 6.07) is 24.4. The zero-order valence-corrected chi connectivity index (χ0v) is 18.4. The minimum Gasteiger partial charge on any atom is -0.322 e. The number of hydrogen-bond acceptors (Lipinski definition) is 5. The Hall–Kier alpha value is -4.56. The smallest absolute Gasteiger partial charge is 0.322 e. The molecule has 0 fully saturated rings. The molecular weight excluding hydrogens is 454 g/mol. The lowest BCUT2D eigenvalue weighted by molar-refractivity contribution is -0.136. The Morgan fingerprint density at radius 1 is 0.824 bits per heavy atom. The molecule has 0 radical (unpaired) electrons. The Morgan fingerprint density at radius 3 is 2.35 bits per heavy atom. The molecule has 34 heavy (non-hydrogen) atoms. The van der Waals surface area contributed by atoms with Gasteiger partial charge in [0, 0.05) is 16.6 Å². The predicted molar refractivity (Wildman–Crippen MR) is 132 cm³/mol. The van der Waals surface area contributed by atoms with Gasteiger partial charge in [-0.3, -0.25) is 14.4 Å². The van der Waals surface area contributed by atoms with Crippen molar-refractivity contribution >= 4 is 57.8 Å². The summed E-state index contributed by atoms with van der Waals surface area (Å²) in [5.41, 5.74) is 4.33. The molecule has 0 saturated carbocycles. The van der Waals surface area contributed by atoms with Crippen LogP contribution in [0.5, 0.6) is 0 Å². The summed E-state index contributed by atoms with van der Waals surface area (Å²) >= 11 is 6.16. The van der Waals surface area contributed by atoms with Crippen LogP contribution in [0.2, 0.25) is 5.15 Å². The molecule has 9 heteroatoms. The van der Waals surface area contributed by atoms with E-state index in [0.29, 0.717) is 11.3 Å². The summed E-state index contributed by atoms with van der Waals surface area (Å²) in [7, 11) is 0. The maximum atomic E-state index is 12.6. The average molecular weight is 472 g/mol. The van der Waals surface area contributed by atoms with Crippen molar-refractivity contribution in [1.29, 1.82) is 0 Å². The van der Waals surface area contributed by atoms with E-state index in [-0.39, 0.29) is 16.4 Å². The van der Waals surface area contributed by atoms with E-state index < -0.39 is 17.7 Å². The fourth-order valence-electron chi connectivity index (χ4n) is 3.10. The van der Waals surface area contributed by atoms with Crippen LogP contribution in [0.15, 0.2) is 90.0 Å². The number of carbonyl (C=O) groups is 3. The third-order valence-corrected chi connectivity index (χ3v) is 5.03. The quantitative estimate of drug-likeness (QED) is 0.175. The maximum absolute atomic E-state index is 12.6. The molecule has 4 aromatic rings. The van der Waals surface area contributed by atoms with Crippen LogP contribution in [0.3, 0.4) is 0 Å². The Labute approximate surface area is 199 Å². The lowest BCUT2D eigenvalue weighted by atomic mass is 10.1. The van der Waals surface area contributed by atoms with Gasteiger partial charge in [-0.05, 0) is 36.4 Å². The van der Waals surface area contributed by atoms with Crippen LogP contribution in [-0.4, -0.2) is 28.9 Å². The van der Waals surface area contributed by atoms with Gasteiger partial charge in [-0.25, -0.2) is 10.4 Å². The second-order valence-electron chi connectivity index (χ2n) is 7.08. The summed E-state index contributed by atoms with van der Waals surface area (Å²) in [6.07, 6.45) is 1.30. The monoisotopic (exact) mass is 471 g/mol. The minimum atomic E-state index is -1.01. The van der Waals surface area contributed by atoms with Crippen molar-refractivity contribution < 1.29 is 14.4 Å². The van der Waals surface area contributed by atoms with E-state index in [0.717, 1.165) is 10.9 Å². The molecule has 0 saturated heterocycles. The average Bonchev–Trinajstić information content (AvgIpc) is 2.85. The van der Waals surface area contributed by atoms with E-state index in [1.165, 1.54) is 12.3 Å². The van der Waals surface area contributed by atoms with Crippen LogP contribution in [-0.2, 0) is 9.59 Å². The molecular formula is C25H18ClN5O3. The lowest BCUT2D eigenvalue weighted by Gasteiger charge is -2.11. The van der Waals surface area contributed by atoms with Crippen molar-refractivity contribution in [3.63, 3.8) is 0 Å². The van der Waals surface area contributed by atoms with Crippen LogP contribution >= 0.6 is 11.6 Å². The Morgan fingerprint density at radius 2 is 1.53 bits per heavy atom. The standard InChI is InChI=1S/C25H18ClN5O3/c26-22-17(14-16-8-4-6-12-20(16)29-22)15-27-31-25(34)24(33)30-21-13-7-5-11-19(21)23(32)28-18-9-2-1-3-10-18/h1-15H,(H,28,32)(H,30,33)(H,31,34)/b27-15-. The Bertz CT molecular complexity index is 1410. The van der Waals surface area contributed by atoms with E-state index in [4.69, 9.17) is 11.6 Å². The van der Waals surface area contributed by atoms with E-state index in [1.807, 2.05) is 30.3 Å². The van der Waals surface area contributed by atoms with Gasteiger partial charge >= 0.3 is 11.8 Å². The molecule has 0 atom stereocenters. The van der Waals surface area contributed by atoms with Crippen LogP contribution in [0, 0.1) is 0 Å². The van der Waals surface area contributed by atoms with Crippen LogP contribution in [0.25, 0.3) is 10.9 Å². The molecule has 1 heterocycles. The summed E-state index contributed by atoms with van der Waals surface area (Å²) in [4.78, 5) is 41.5. The van der Waals surface area contributed by atoms with Gasteiger partial charge in [0.15, 0.2) is 0 Å². The number of carbonyl (C=O) groups excluding carboxylic acids is 3. The van der Waals surface area contributed by atoms with Gasteiger partial charge in [-0.1, -0.05) is 60.1 Å². The molecule has 0 aliphatic rings. The number of amides is 3.